The summed E-state index contributed by atoms with van der Waals surface area (Å²) in [6, 6.07) is 0. The van der Waals surface area contributed by atoms with E-state index in [0.717, 1.165) is 28.9 Å². The lowest BCUT2D eigenvalue weighted by Crippen LogP contribution is -2.55. The number of nitrogens with zero attached hydrogens (tertiary/aromatic N) is 6. The minimum absolute atomic E-state index is 0.0446. The van der Waals surface area contributed by atoms with E-state index in [1.165, 1.54) is 4.88 Å². The van der Waals surface area contributed by atoms with Crippen molar-refractivity contribution >= 4 is 28.9 Å². The Morgan fingerprint density at radius 2 is 2.20 bits per heavy atom. The Kier molecular flexibility index (Phi) is 5.03. The van der Waals surface area contributed by atoms with Crippen LogP contribution < -0.4 is 10.2 Å². The predicted octanol–water partition coefficient (Wildman–Crippen LogP) is 0.918. The maximum atomic E-state index is 12.5. The van der Waals surface area contributed by atoms with Crippen LogP contribution in [0.3, 0.4) is 0 Å². The van der Waals surface area contributed by atoms with Crippen LogP contribution in [-0.4, -0.2) is 58.2 Å². The molecular weight excluding hydrogens is 338 g/mol. The van der Waals surface area contributed by atoms with Crippen molar-refractivity contribution in [3.63, 3.8) is 0 Å². The van der Waals surface area contributed by atoms with Crippen LogP contribution >= 0.6 is 11.3 Å². The molecule has 1 saturated heterocycles. The second-order valence-electron chi connectivity index (χ2n) is 5.99. The number of anilines is 1. The van der Waals surface area contributed by atoms with Gasteiger partial charge >= 0.3 is 0 Å². The summed E-state index contributed by atoms with van der Waals surface area (Å²) in [6.07, 6.45) is 3.57. The highest BCUT2D eigenvalue weighted by Gasteiger charge is 2.27. The molecule has 0 spiro atoms. The predicted molar refractivity (Wildman–Crippen MR) is 98.9 cm³/mol. The van der Waals surface area contributed by atoms with Crippen LogP contribution in [0.15, 0.2) is 17.4 Å². The number of amides is 1. The summed E-state index contributed by atoms with van der Waals surface area (Å²) in [5.41, 5.74) is 1.90. The number of carbonyl (C=O) groups excluding carboxylic acids is 1. The summed E-state index contributed by atoms with van der Waals surface area (Å²) < 4.78 is 1.70. The second kappa shape index (κ2) is 7.22. The van der Waals surface area contributed by atoms with Gasteiger partial charge in [0.05, 0.1) is 24.1 Å². The topological polar surface area (TPSA) is 78.7 Å². The fraction of sp³-hybridized carbons (Fsp3) is 0.500. The van der Waals surface area contributed by atoms with Gasteiger partial charge in [-0.3, -0.25) is 14.5 Å². The number of aromatic nitrogens is 3. The summed E-state index contributed by atoms with van der Waals surface area (Å²) in [5.74, 6) is 0.771. The van der Waals surface area contributed by atoms with Crippen LogP contribution in [0.25, 0.3) is 0 Å². The van der Waals surface area contributed by atoms with E-state index in [1.54, 1.807) is 34.2 Å². The summed E-state index contributed by atoms with van der Waals surface area (Å²) in [5, 5.41) is 8.47. The third-order valence-electron chi connectivity index (χ3n) is 4.21. The number of hydrogen-bond donors (Lipinski definition) is 1. The zero-order chi connectivity index (χ0) is 18.0. The molecule has 1 N–H and O–H groups in total. The van der Waals surface area contributed by atoms with Gasteiger partial charge in [0, 0.05) is 38.3 Å². The van der Waals surface area contributed by atoms with Gasteiger partial charge in [0.25, 0.3) is 0 Å². The number of aryl methyl sites for hydroxylation is 3. The molecule has 0 atom stereocenters. The largest absolute Gasteiger partial charge is 0.350 e. The van der Waals surface area contributed by atoms with Crippen LogP contribution in [-0.2, 0) is 18.4 Å². The summed E-state index contributed by atoms with van der Waals surface area (Å²) in [6.45, 7) is 6.33. The van der Waals surface area contributed by atoms with Crippen LogP contribution in [0.1, 0.15) is 15.6 Å². The molecule has 3 rings (SSSR count). The van der Waals surface area contributed by atoms with E-state index >= 15 is 0 Å². The van der Waals surface area contributed by atoms with Gasteiger partial charge in [-0.15, -0.1) is 11.3 Å². The van der Waals surface area contributed by atoms with Gasteiger partial charge in [0.1, 0.15) is 11.6 Å². The molecule has 1 aliphatic rings. The van der Waals surface area contributed by atoms with E-state index < -0.39 is 0 Å². The van der Waals surface area contributed by atoms with Gasteiger partial charge in [0.2, 0.25) is 5.91 Å². The first-order valence-electron chi connectivity index (χ1n) is 8.15. The molecule has 134 valence electrons. The van der Waals surface area contributed by atoms with Crippen LogP contribution in [0.5, 0.6) is 0 Å². The molecule has 25 heavy (non-hydrogen) atoms. The normalized spacial score (nSPS) is 15.8. The van der Waals surface area contributed by atoms with Crippen LogP contribution in [0.2, 0.25) is 0 Å². The van der Waals surface area contributed by atoms with Crippen molar-refractivity contribution in [1.29, 1.82) is 0 Å². The molecule has 1 fully saturated rings. The first-order valence-corrected chi connectivity index (χ1v) is 8.97. The minimum atomic E-state index is 0.0446. The molecule has 0 bridgehead atoms. The highest BCUT2D eigenvalue weighted by Crippen LogP contribution is 2.17. The lowest BCUT2D eigenvalue weighted by molar-refractivity contribution is -0.120. The first-order chi connectivity index (χ1) is 12.0. The molecule has 0 aliphatic carbocycles. The molecular formula is C16H23N7OS. The number of hydrogen-bond acceptors (Lipinski definition) is 5. The fourth-order valence-electron chi connectivity index (χ4n) is 2.78. The van der Waals surface area contributed by atoms with Crippen LogP contribution in [0.4, 0.5) is 5.69 Å². The maximum Gasteiger partial charge on any atom is 0.246 e. The Morgan fingerprint density at radius 1 is 1.40 bits per heavy atom. The summed E-state index contributed by atoms with van der Waals surface area (Å²) in [4.78, 5) is 26.3. The quantitative estimate of drug-likeness (QED) is 0.650. The average molecular weight is 361 g/mol. The van der Waals surface area contributed by atoms with E-state index in [2.05, 4.69) is 27.3 Å². The van der Waals surface area contributed by atoms with Gasteiger partial charge in [-0.05, 0) is 13.8 Å². The Morgan fingerprint density at radius 3 is 2.76 bits per heavy atom. The van der Waals surface area contributed by atoms with Crippen molar-refractivity contribution in [2.24, 2.45) is 12.0 Å². The highest BCUT2D eigenvalue weighted by atomic mass is 32.1. The number of thiazole rings is 1. The Bertz CT molecular complexity index is 775. The van der Waals surface area contributed by atoms with Gasteiger partial charge in [-0.1, -0.05) is 0 Å². The third-order valence-corrected chi connectivity index (χ3v) is 5.28. The lowest BCUT2D eigenvalue weighted by Gasteiger charge is -2.35. The van der Waals surface area contributed by atoms with Crippen molar-refractivity contribution in [1.82, 2.24) is 25.0 Å². The van der Waals surface area contributed by atoms with Gasteiger partial charge in [0.15, 0.2) is 5.96 Å². The molecule has 1 aliphatic heterocycles. The van der Waals surface area contributed by atoms with E-state index in [4.69, 9.17) is 0 Å². The molecule has 9 heteroatoms. The zero-order valence-electron chi connectivity index (χ0n) is 15.0. The van der Waals surface area contributed by atoms with Gasteiger partial charge in [-0.25, -0.2) is 4.98 Å². The first kappa shape index (κ1) is 17.4. The molecule has 0 radical (unpaired) electrons. The number of rotatable bonds is 3. The van der Waals surface area contributed by atoms with E-state index in [0.29, 0.717) is 19.6 Å². The molecule has 0 saturated carbocycles. The molecule has 3 heterocycles. The van der Waals surface area contributed by atoms with Crippen molar-refractivity contribution in [3.8, 4) is 0 Å². The molecule has 1 amide bonds. The number of aliphatic imine (C=N–C) groups is 1. The maximum absolute atomic E-state index is 12.5. The number of carbonyl (C=O) groups is 1. The van der Waals surface area contributed by atoms with E-state index in [1.807, 2.05) is 25.1 Å². The zero-order valence-corrected chi connectivity index (χ0v) is 15.8. The number of guanidine groups is 1. The minimum Gasteiger partial charge on any atom is -0.350 e. The average Bonchev–Trinajstić information content (AvgIpc) is 3.14. The van der Waals surface area contributed by atoms with Gasteiger partial charge < -0.3 is 15.1 Å². The molecule has 8 nitrogen and oxygen atoms in total. The SMILES string of the molecule is CN=C(NCc1nc(C)c(C)s1)N1CCN(c2cnn(C)c2)C(=O)C1. The van der Waals surface area contributed by atoms with Crippen molar-refractivity contribution in [2.75, 3.05) is 31.6 Å². The highest BCUT2D eigenvalue weighted by molar-refractivity contribution is 7.11. The Hall–Kier alpha value is -2.42. The van der Waals surface area contributed by atoms with Crippen LogP contribution in [0, 0.1) is 13.8 Å². The number of nitrogens with one attached hydrogen (secondary N) is 1. The Balaban J connectivity index is 1.60. The smallest absolute Gasteiger partial charge is 0.246 e. The summed E-state index contributed by atoms with van der Waals surface area (Å²) >= 11 is 1.68. The molecule has 2 aromatic rings. The molecule has 2 aromatic heterocycles. The van der Waals surface area contributed by atoms with E-state index in [-0.39, 0.29) is 5.91 Å². The monoisotopic (exact) mass is 361 g/mol. The summed E-state index contributed by atoms with van der Waals surface area (Å²) in [7, 11) is 3.58. The number of piperazine rings is 1. The third kappa shape index (κ3) is 3.81. The van der Waals surface area contributed by atoms with Crippen molar-refractivity contribution in [3.05, 3.63) is 28.0 Å². The fourth-order valence-corrected chi connectivity index (χ4v) is 3.65. The van der Waals surface area contributed by atoms with Gasteiger partial charge in [-0.2, -0.15) is 5.10 Å². The second-order valence-corrected chi connectivity index (χ2v) is 7.28. The standard InChI is InChI=1S/C16H23N7OS/c1-11-12(2)25-14(20-11)8-18-16(17-3)22-5-6-23(15(24)10-22)13-7-19-21(4)9-13/h7,9H,5-6,8,10H2,1-4H3,(H,17,18). The van der Waals surface area contributed by atoms with E-state index in [9.17, 15) is 4.79 Å². The van der Waals surface area contributed by atoms with Crippen molar-refractivity contribution in [2.45, 2.75) is 20.4 Å². The van der Waals surface area contributed by atoms with Crippen molar-refractivity contribution < 1.29 is 4.79 Å². The molecule has 0 aromatic carbocycles. The Labute approximate surface area is 151 Å². The molecule has 0 unspecified atom stereocenters. The lowest BCUT2D eigenvalue weighted by atomic mass is 10.3.